The van der Waals surface area contributed by atoms with Crippen LogP contribution in [0.3, 0.4) is 0 Å². The topological polar surface area (TPSA) is 80.4 Å². The van der Waals surface area contributed by atoms with E-state index in [4.69, 9.17) is 13.2 Å². The van der Waals surface area contributed by atoms with E-state index in [1.54, 1.807) is 9.80 Å². The average molecular weight is 779 g/mol. The second-order valence-corrected chi connectivity index (χ2v) is 22.5. The number of rotatable bonds is 8. The number of anilines is 2. The third-order valence-corrected chi connectivity index (χ3v) is 19.1. The molecule has 0 spiro atoms. The first kappa shape index (κ1) is 35.4. The van der Waals surface area contributed by atoms with E-state index in [2.05, 4.69) is 68.0 Å². The zero-order chi connectivity index (χ0) is 40.9. The lowest BCUT2D eigenvalue weighted by Crippen LogP contribution is -2.43. The number of benzene rings is 2. The lowest BCUT2D eigenvalue weighted by Gasteiger charge is -2.38. The molecule has 2 N–H and O–H groups in total. The van der Waals surface area contributed by atoms with Crippen LogP contribution in [-0.2, 0) is 0 Å². The maximum Gasteiger partial charge on any atom is 0.319 e. The summed E-state index contributed by atoms with van der Waals surface area (Å²) in [6, 6.07) is 2.92. The van der Waals surface area contributed by atoms with Crippen molar-refractivity contribution in [1.29, 1.82) is 0 Å². The second kappa shape index (κ2) is 13.9. The summed E-state index contributed by atoms with van der Waals surface area (Å²) in [5.74, 6) is -0.284. The molecule has 8 rings (SSSR count). The maximum absolute atomic E-state index is 17.4. The Morgan fingerprint density at radius 3 is 2.49 bits per heavy atom. The van der Waals surface area contributed by atoms with Crippen LogP contribution in [0.4, 0.5) is 33.5 Å². The number of piperidine rings is 1. The van der Waals surface area contributed by atoms with Gasteiger partial charge < -0.3 is 15.4 Å². The molecule has 5 atom stereocenters. The number of aromatic nitrogens is 3. The number of hydrogen-bond donors (Lipinski definition) is 1. The molecule has 1 aliphatic carbocycles. The predicted octanol–water partition coefficient (Wildman–Crippen LogP) is 9.31. The van der Waals surface area contributed by atoms with Gasteiger partial charge in [-0.15, -0.1) is 5.54 Å². The summed E-state index contributed by atoms with van der Waals surface area (Å²) in [5, 5.41) is 0.467. The number of ether oxygens (including phenoxy) is 1. The molecule has 5 heterocycles. The molecule has 0 amide bonds. The summed E-state index contributed by atoms with van der Waals surface area (Å²) in [5.41, 5.74) is 8.51. The van der Waals surface area contributed by atoms with Crippen molar-refractivity contribution in [2.45, 2.75) is 114 Å². The maximum atomic E-state index is 17.4. The Hall–Kier alpha value is -4.02. The van der Waals surface area contributed by atoms with E-state index in [1.807, 2.05) is 0 Å². The minimum absolute atomic E-state index is 0.0564. The summed E-state index contributed by atoms with van der Waals surface area (Å²) in [6.45, 7) is 11.2. The summed E-state index contributed by atoms with van der Waals surface area (Å²) >= 11 is 0. The van der Waals surface area contributed by atoms with E-state index in [9.17, 15) is 4.39 Å². The number of hydrogen-bond acceptors (Lipinski definition) is 7. The van der Waals surface area contributed by atoms with Crippen LogP contribution in [0.15, 0.2) is 24.4 Å². The molecule has 55 heavy (non-hydrogen) atoms. The van der Waals surface area contributed by atoms with Gasteiger partial charge in [-0.05, 0) is 72.4 Å². The van der Waals surface area contributed by atoms with Gasteiger partial charge in [-0.3, -0.25) is 9.88 Å². The highest BCUT2D eigenvalue weighted by Gasteiger charge is 2.57. The number of nitrogens with two attached hydrogens (primary N) is 1. The number of nitrogen functional groups attached to an aromatic ring is 1. The molecule has 3 saturated heterocycles. The molecule has 13 heteroatoms. The Kier molecular flexibility index (Phi) is 8.92. The van der Waals surface area contributed by atoms with Gasteiger partial charge in [0.1, 0.15) is 44.0 Å². The van der Waals surface area contributed by atoms with E-state index in [0.717, 1.165) is 6.07 Å². The van der Waals surface area contributed by atoms with E-state index >= 15 is 17.6 Å². The van der Waals surface area contributed by atoms with Crippen molar-refractivity contribution >= 4 is 41.3 Å². The highest BCUT2D eigenvalue weighted by Crippen LogP contribution is 2.49. The summed E-state index contributed by atoms with van der Waals surface area (Å²) in [7, 11) is -2.45. The molecule has 4 aliphatic rings. The van der Waals surface area contributed by atoms with Crippen molar-refractivity contribution in [2.24, 2.45) is 5.92 Å². The van der Waals surface area contributed by atoms with E-state index in [-0.39, 0.29) is 85.5 Å². The van der Waals surface area contributed by atoms with E-state index in [1.165, 1.54) is 18.3 Å². The van der Waals surface area contributed by atoms with Gasteiger partial charge in [-0.1, -0.05) is 47.5 Å². The number of fused-ring (bicyclic) bond motifs is 4. The first-order valence-electron chi connectivity index (χ1n) is 20.5. The van der Waals surface area contributed by atoms with Crippen molar-refractivity contribution < 1.29 is 29.4 Å². The van der Waals surface area contributed by atoms with E-state index in [0.29, 0.717) is 38.8 Å². The van der Waals surface area contributed by atoms with Crippen LogP contribution in [0.2, 0.25) is 16.6 Å². The molecule has 4 aromatic rings. The number of alkyl halides is 2. The normalized spacial score (nSPS) is 26.0. The van der Waals surface area contributed by atoms with Gasteiger partial charge in [0.2, 0.25) is 0 Å². The van der Waals surface area contributed by atoms with Crippen molar-refractivity contribution in [3.63, 3.8) is 0 Å². The van der Waals surface area contributed by atoms with Crippen molar-refractivity contribution in [3.05, 3.63) is 47.4 Å². The lowest BCUT2D eigenvalue weighted by atomic mass is 9.95. The molecule has 292 valence electrons. The quantitative estimate of drug-likeness (QED) is 0.0827. The Labute approximate surface area is 323 Å². The zero-order valence-corrected chi connectivity index (χ0v) is 33.1. The lowest BCUT2D eigenvalue weighted by molar-refractivity contribution is 0.107. The molecule has 4 fully saturated rings. The first-order valence-corrected chi connectivity index (χ1v) is 21.7. The van der Waals surface area contributed by atoms with Crippen LogP contribution >= 0.6 is 0 Å². The standard InChI is InChI=1S/C42H49F5N6OSi/c1-22(2)55(23(3)4,24(5)6)14-10-28-33-25(16-32(44)34(28)45)15-27(48)17-30(33)37-36(47)38-31(19-49-37)40(53-13-7-9-29-35(46)39(29)53)51-41(50-38)54-21-42-11-8-12-52(42)20-26(43)18-42/h15-17,19,22-24,26,29,35,39H,7-9,11-13,18,20-21,48H2,1-6H3/t26-,29-,35-,39-,42+/m1/s1/i21D2. The highest BCUT2D eigenvalue weighted by atomic mass is 28.3. The molecule has 2 aromatic heterocycles. The third kappa shape index (κ3) is 6.13. The van der Waals surface area contributed by atoms with Crippen LogP contribution < -0.4 is 15.4 Å². The molecule has 2 aromatic carbocycles. The Balaban J connectivity index is 1.34. The van der Waals surface area contributed by atoms with Crippen molar-refractivity contribution in [3.8, 4) is 28.7 Å². The molecule has 0 unspecified atom stereocenters. The Bertz CT molecular complexity index is 2320. The van der Waals surface area contributed by atoms with Crippen LogP contribution in [0.5, 0.6) is 6.01 Å². The largest absolute Gasteiger partial charge is 0.461 e. The Morgan fingerprint density at radius 1 is 1.02 bits per heavy atom. The molecular weight excluding hydrogens is 728 g/mol. The molecule has 0 radical (unpaired) electrons. The smallest absolute Gasteiger partial charge is 0.319 e. The molecule has 3 aliphatic heterocycles. The number of nitrogens with zero attached hydrogens (tertiary/aromatic N) is 5. The van der Waals surface area contributed by atoms with Crippen LogP contribution in [0, 0.1) is 34.8 Å². The molecule has 7 nitrogen and oxygen atoms in total. The van der Waals surface area contributed by atoms with Gasteiger partial charge in [0.25, 0.3) is 0 Å². The Morgan fingerprint density at radius 2 is 1.76 bits per heavy atom. The highest BCUT2D eigenvalue weighted by molar-refractivity contribution is 6.90. The van der Waals surface area contributed by atoms with Gasteiger partial charge in [-0.2, -0.15) is 9.97 Å². The monoisotopic (exact) mass is 778 g/mol. The van der Waals surface area contributed by atoms with Crippen molar-refractivity contribution in [1.82, 2.24) is 19.9 Å². The average Bonchev–Trinajstić information content (AvgIpc) is 3.43. The first-order chi connectivity index (χ1) is 26.9. The van der Waals surface area contributed by atoms with Crippen LogP contribution in [0.1, 0.15) is 82.0 Å². The summed E-state index contributed by atoms with van der Waals surface area (Å²) < 4.78 is 103. The fourth-order valence-electron chi connectivity index (χ4n) is 10.2. The summed E-state index contributed by atoms with van der Waals surface area (Å²) in [6.07, 6.45) is 1.26. The minimum Gasteiger partial charge on any atom is -0.461 e. The number of halogens is 5. The zero-order valence-electron chi connectivity index (χ0n) is 34.1. The van der Waals surface area contributed by atoms with Crippen molar-refractivity contribution in [2.75, 3.05) is 36.8 Å². The number of pyridine rings is 1. The van der Waals surface area contributed by atoms with Gasteiger partial charge in [0, 0.05) is 48.3 Å². The van der Waals surface area contributed by atoms with Crippen LogP contribution in [0.25, 0.3) is 32.9 Å². The van der Waals surface area contributed by atoms with Crippen LogP contribution in [-0.4, -0.2) is 78.0 Å². The minimum atomic E-state index is -2.48. The SMILES string of the molecule is [2H]C([2H])(Oc1nc(N2CCC[C@@H]3[C@@H](F)[C@@H]32)c2cnc(-c3cc(N)cc4cc(F)c(F)c(C#C[Si](C(C)C)(C(C)C)C(C)C)c34)c(F)c2n1)[C@@]12CCCN1C[C@H](F)C2. The van der Waals surface area contributed by atoms with Gasteiger partial charge in [0.15, 0.2) is 17.5 Å². The molecule has 0 bridgehead atoms. The molecule has 1 saturated carbocycles. The predicted molar refractivity (Wildman–Crippen MR) is 210 cm³/mol. The third-order valence-electron chi connectivity index (χ3n) is 12.9. The molecular formula is C42H49F5N6OSi. The van der Waals surface area contributed by atoms with Gasteiger partial charge >= 0.3 is 6.01 Å². The summed E-state index contributed by atoms with van der Waals surface area (Å²) in [4.78, 5) is 17.1. The fraction of sp³-hybridized carbons (Fsp3) is 0.548. The second-order valence-electron chi connectivity index (χ2n) is 16.9. The van der Waals surface area contributed by atoms with Gasteiger partial charge in [0.05, 0.1) is 25.3 Å². The van der Waals surface area contributed by atoms with Gasteiger partial charge in [-0.25, -0.2) is 22.0 Å². The fourth-order valence-corrected chi connectivity index (χ4v) is 15.4. The van der Waals surface area contributed by atoms with E-state index < -0.39 is 62.0 Å².